The van der Waals surface area contributed by atoms with Crippen molar-refractivity contribution in [2.45, 2.75) is 38.0 Å². The Morgan fingerprint density at radius 1 is 0.897 bits per heavy atom. The maximum absolute atomic E-state index is 15.0. The van der Waals surface area contributed by atoms with Crippen molar-refractivity contribution in [2.24, 2.45) is 0 Å². The maximum Gasteiger partial charge on any atom is 0.340 e. The molecule has 0 heterocycles. The summed E-state index contributed by atoms with van der Waals surface area (Å²) in [5.74, 6) is -11.2. The highest BCUT2D eigenvalue weighted by atomic mass is 19.3. The van der Waals surface area contributed by atoms with Crippen molar-refractivity contribution < 1.29 is 36.9 Å². The minimum atomic E-state index is -4.54. The van der Waals surface area contributed by atoms with Crippen molar-refractivity contribution in [1.29, 1.82) is 0 Å². The predicted octanol–water partition coefficient (Wildman–Crippen LogP) is 5.29. The first-order valence-corrected chi connectivity index (χ1v) is 9.15. The van der Waals surface area contributed by atoms with Gasteiger partial charge in [-0.15, -0.1) is 0 Å². The zero-order valence-electron chi connectivity index (χ0n) is 15.8. The second-order valence-corrected chi connectivity index (χ2v) is 6.66. The molecule has 0 radical (unpaired) electrons. The van der Waals surface area contributed by atoms with Crippen molar-refractivity contribution in [1.82, 2.24) is 0 Å². The molecule has 0 aromatic heterocycles. The highest BCUT2D eigenvalue weighted by Gasteiger charge is 2.62. The zero-order valence-corrected chi connectivity index (χ0v) is 15.8. The van der Waals surface area contributed by atoms with Gasteiger partial charge in [-0.05, 0) is 61.4 Å². The summed E-state index contributed by atoms with van der Waals surface area (Å²) in [6.07, 6.45) is -0.642. The molecule has 0 saturated heterocycles. The van der Waals surface area contributed by atoms with Gasteiger partial charge in [0.15, 0.2) is 0 Å². The van der Waals surface area contributed by atoms with E-state index in [0.29, 0.717) is 0 Å². The van der Waals surface area contributed by atoms with Crippen LogP contribution in [0.15, 0.2) is 36.4 Å². The molecule has 0 saturated carbocycles. The predicted molar refractivity (Wildman–Crippen MR) is 97.1 cm³/mol. The number of halogens is 4. The maximum atomic E-state index is 15.0. The topological polar surface area (TPSA) is 55.8 Å². The van der Waals surface area contributed by atoms with Crippen LogP contribution in [0.3, 0.4) is 0 Å². The van der Waals surface area contributed by atoms with Crippen LogP contribution in [-0.2, 0) is 16.6 Å². The molecule has 156 valence electrons. The lowest BCUT2D eigenvalue weighted by molar-refractivity contribution is -0.223. The van der Waals surface area contributed by atoms with Gasteiger partial charge >= 0.3 is 17.8 Å². The molecule has 4 nitrogen and oxygen atoms in total. The van der Waals surface area contributed by atoms with Crippen LogP contribution < -0.4 is 9.47 Å². The summed E-state index contributed by atoms with van der Waals surface area (Å²) < 4.78 is 70.7. The van der Waals surface area contributed by atoms with Crippen LogP contribution >= 0.6 is 0 Å². The van der Waals surface area contributed by atoms with Crippen molar-refractivity contribution in [3.8, 4) is 11.5 Å². The summed E-state index contributed by atoms with van der Waals surface area (Å²) in [6, 6.07) is 6.59. The minimum absolute atomic E-state index is 0.199. The van der Waals surface area contributed by atoms with Crippen molar-refractivity contribution >= 4 is 5.97 Å². The number of hydrogen-bond donors (Lipinski definition) is 1. The van der Waals surface area contributed by atoms with Gasteiger partial charge in [0, 0.05) is 17.0 Å². The van der Waals surface area contributed by atoms with Gasteiger partial charge in [0.25, 0.3) is 0 Å². The molecule has 0 aliphatic heterocycles. The fourth-order valence-corrected chi connectivity index (χ4v) is 3.64. The van der Waals surface area contributed by atoms with Crippen LogP contribution in [0.4, 0.5) is 17.6 Å². The zero-order chi connectivity index (χ0) is 21.4. The monoisotopic (exact) mass is 412 g/mol. The van der Waals surface area contributed by atoms with E-state index in [1.165, 1.54) is 24.3 Å². The fraction of sp³-hybridized carbons (Fsp3) is 0.381. The molecule has 1 N–H and O–H groups in total. The average molecular weight is 412 g/mol. The Kier molecular flexibility index (Phi) is 5.47. The number of aliphatic carboxylic acids is 1. The van der Waals surface area contributed by atoms with E-state index >= 15 is 17.6 Å². The van der Waals surface area contributed by atoms with Gasteiger partial charge < -0.3 is 14.6 Å². The smallest absolute Gasteiger partial charge is 0.340 e. The molecule has 0 bridgehead atoms. The first-order chi connectivity index (χ1) is 13.6. The Bertz CT molecular complexity index is 859. The van der Waals surface area contributed by atoms with Crippen LogP contribution in [0.5, 0.6) is 11.5 Å². The number of alkyl halides is 4. The van der Waals surface area contributed by atoms with E-state index in [-0.39, 0.29) is 35.8 Å². The molecule has 1 aliphatic rings. The summed E-state index contributed by atoms with van der Waals surface area (Å²) >= 11 is 0. The molecule has 29 heavy (non-hydrogen) atoms. The van der Waals surface area contributed by atoms with Crippen LogP contribution in [0, 0.1) is 0 Å². The van der Waals surface area contributed by atoms with Crippen LogP contribution in [0.1, 0.15) is 48.4 Å². The van der Waals surface area contributed by atoms with Crippen molar-refractivity contribution in [3.05, 3.63) is 58.7 Å². The number of carboxylic acid groups (broad SMARTS) is 1. The molecule has 2 aromatic carbocycles. The third-order valence-corrected chi connectivity index (χ3v) is 4.87. The lowest BCUT2D eigenvalue weighted by Gasteiger charge is -2.27. The van der Waals surface area contributed by atoms with E-state index < -0.39 is 41.3 Å². The van der Waals surface area contributed by atoms with Gasteiger partial charge in [0.05, 0.1) is 19.6 Å². The second-order valence-electron chi connectivity index (χ2n) is 6.66. The highest BCUT2D eigenvalue weighted by molar-refractivity contribution is 5.70. The summed E-state index contributed by atoms with van der Waals surface area (Å²) in [4.78, 5) is 11.5. The van der Waals surface area contributed by atoms with Crippen LogP contribution in [-0.4, -0.2) is 24.3 Å². The fourth-order valence-electron chi connectivity index (χ4n) is 3.64. The Morgan fingerprint density at radius 3 is 1.66 bits per heavy atom. The van der Waals surface area contributed by atoms with Gasteiger partial charge in [-0.25, -0.2) is 0 Å². The van der Waals surface area contributed by atoms with E-state index in [2.05, 4.69) is 0 Å². The quantitative estimate of drug-likeness (QED) is 0.656. The SMILES string of the molecule is CCOc1ccc2c(c1)C(CC(=O)O)c1cc(OCC)ccc1C(F)(F)C2(F)F. The normalized spacial score (nSPS) is 17.0. The number of rotatable bonds is 6. The van der Waals surface area contributed by atoms with E-state index in [1.54, 1.807) is 13.8 Å². The van der Waals surface area contributed by atoms with Crippen LogP contribution in [0.25, 0.3) is 0 Å². The molecule has 0 fully saturated rings. The van der Waals surface area contributed by atoms with Crippen molar-refractivity contribution in [2.75, 3.05) is 13.2 Å². The van der Waals surface area contributed by atoms with E-state index in [4.69, 9.17) is 9.47 Å². The highest BCUT2D eigenvalue weighted by Crippen LogP contribution is 2.57. The standard InChI is InChI=1S/C21H20F4O4/c1-3-28-12-5-7-17-15(9-12)14(11-19(26)27)16-10-13(29-4-2)6-8-18(16)21(24,25)20(17,22)23/h5-10,14H,3-4,11H2,1-2H3,(H,26,27). The largest absolute Gasteiger partial charge is 0.494 e. The Morgan fingerprint density at radius 2 is 1.31 bits per heavy atom. The van der Waals surface area contributed by atoms with E-state index in [9.17, 15) is 9.90 Å². The Hall–Kier alpha value is -2.77. The lowest BCUT2D eigenvalue weighted by atomic mass is 9.85. The molecule has 0 atom stereocenters. The minimum Gasteiger partial charge on any atom is -0.494 e. The molecular weight excluding hydrogens is 392 g/mol. The van der Waals surface area contributed by atoms with E-state index in [0.717, 1.165) is 12.1 Å². The molecule has 1 aliphatic carbocycles. The van der Waals surface area contributed by atoms with Gasteiger partial charge in [-0.1, -0.05) is 0 Å². The Labute approximate surface area is 165 Å². The number of hydrogen-bond acceptors (Lipinski definition) is 3. The average Bonchev–Trinajstić information content (AvgIpc) is 2.70. The summed E-state index contributed by atoms with van der Waals surface area (Å²) in [7, 11) is 0. The molecule has 8 heteroatoms. The molecule has 0 unspecified atom stereocenters. The van der Waals surface area contributed by atoms with Crippen LogP contribution in [0.2, 0.25) is 0 Å². The van der Waals surface area contributed by atoms with E-state index in [1.807, 2.05) is 0 Å². The molecular formula is C21H20F4O4. The number of benzene rings is 2. The molecule has 0 amide bonds. The van der Waals surface area contributed by atoms with Gasteiger partial charge in [-0.3, -0.25) is 4.79 Å². The third-order valence-electron chi connectivity index (χ3n) is 4.87. The molecule has 0 spiro atoms. The first-order valence-electron chi connectivity index (χ1n) is 9.15. The molecule has 2 aromatic rings. The van der Waals surface area contributed by atoms with Crippen molar-refractivity contribution in [3.63, 3.8) is 0 Å². The summed E-state index contributed by atoms with van der Waals surface area (Å²) in [5.41, 5.74) is -2.22. The number of carboxylic acids is 1. The summed E-state index contributed by atoms with van der Waals surface area (Å²) in [6.45, 7) is 3.85. The third kappa shape index (κ3) is 3.52. The summed E-state index contributed by atoms with van der Waals surface area (Å²) in [5, 5.41) is 9.38. The van der Waals surface area contributed by atoms with Gasteiger partial charge in [-0.2, -0.15) is 17.6 Å². The first kappa shape index (κ1) is 21.0. The molecule has 3 rings (SSSR count). The number of fused-ring (bicyclic) bond motifs is 2. The lowest BCUT2D eigenvalue weighted by Crippen LogP contribution is -2.35. The van der Waals surface area contributed by atoms with Gasteiger partial charge in [0.2, 0.25) is 0 Å². The second kappa shape index (κ2) is 7.57. The van der Waals surface area contributed by atoms with Gasteiger partial charge in [0.1, 0.15) is 11.5 Å². The Balaban J connectivity index is 2.36. The number of ether oxygens (including phenoxy) is 2. The number of carbonyl (C=O) groups is 1.